The van der Waals surface area contributed by atoms with Crippen molar-refractivity contribution >= 4 is 27.5 Å². The minimum Gasteiger partial charge on any atom is -0.367 e. The molecule has 1 atom stereocenters. The second-order valence-electron chi connectivity index (χ2n) is 4.60. The molecule has 0 aliphatic carbocycles. The zero-order valence-corrected chi connectivity index (χ0v) is 12.4. The number of hydrogen-bond acceptors (Lipinski definition) is 2. The van der Waals surface area contributed by atoms with E-state index in [1.165, 1.54) is 6.07 Å². The number of halogens is 2. The van der Waals surface area contributed by atoms with E-state index in [-0.39, 0.29) is 5.69 Å². The van der Waals surface area contributed by atoms with Gasteiger partial charge in [-0.05, 0) is 36.8 Å². The molecular weight excluding hydrogens is 323 g/mol. The number of primary amides is 1. The summed E-state index contributed by atoms with van der Waals surface area (Å²) in [6.07, 6.45) is 0. The van der Waals surface area contributed by atoms with Crippen molar-refractivity contribution in [2.75, 3.05) is 5.32 Å². The molecule has 0 saturated carbocycles. The number of carbonyl (C=O) groups is 1. The lowest BCUT2D eigenvalue weighted by atomic mass is 9.91. The van der Waals surface area contributed by atoms with Crippen molar-refractivity contribution in [1.29, 1.82) is 0 Å². The third-order valence-corrected chi connectivity index (χ3v) is 3.65. The molecule has 3 nitrogen and oxygen atoms in total. The van der Waals surface area contributed by atoms with Gasteiger partial charge in [0.05, 0.1) is 5.69 Å². The zero-order valence-electron chi connectivity index (χ0n) is 10.9. The molecule has 3 N–H and O–H groups in total. The number of rotatable bonds is 4. The molecule has 0 aliphatic rings. The molecule has 2 aromatic rings. The molecule has 0 aliphatic heterocycles. The number of nitrogens with two attached hydrogens (primary N) is 1. The summed E-state index contributed by atoms with van der Waals surface area (Å²) in [5.74, 6) is -1.02. The van der Waals surface area contributed by atoms with Crippen LogP contribution >= 0.6 is 15.9 Å². The van der Waals surface area contributed by atoms with E-state index >= 15 is 0 Å². The molecule has 0 heterocycles. The first kappa shape index (κ1) is 14.5. The topological polar surface area (TPSA) is 55.1 Å². The van der Waals surface area contributed by atoms with E-state index in [0.29, 0.717) is 5.56 Å². The normalized spacial score (nSPS) is 13.6. The lowest BCUT2D eigenvalue weighted by Gasteiger charge is -2.29. The Morgan fingerprint density at radius 2 is 1.95 bits per heavy atom. The summed E-state index contributed by atoms with van der Waals surface area (Å²) in [5, 5.41) is 2.90. The average Bonchev–Trinajstić information content (AvgIpc) is 2.41. The number of amides is 1. The monoisotopic (exact) mass is 336 g/mol. The van der Waals surface area contributed by atoms with Crippen LogP contribution in [-0.2, 0) is 10.3 Å². The molecule has 1 unspecified atom stereocenters. The number of carbonyl (C=O) groups excluding carboxylic acids is 1. The first-order valence-corrected chi connectivity index (χ1v) is 6.81. The van der Waals surface area contributed by atoms with E-state index in [9.17, 15) is 9.18 Å². The highest BCUT2D eigenvalue weighted by Crippen LogP contribution is 2.29. The highest BCUT2D eigenvalue weighted by molar-refractivity contribution is 9.10. The Balaban J connectivity index is 2.46. The highest BCUT2D eigenvalue weighted by Gasteiger charge is 2.34. The summed E-state index contributed by atoms with van der Waals surface area (Å²) in [6.45, 7) is 1.63. The van der Waals surface area contributed by atoms with Crippen LogP contribution in [0.15, 0.2) is 53.0 Å². The van der Waals surface area contributed by atoms with Crippen LogP contribution < -0.4 is 11.1 Å². The number of nitrogens with one attached hydrogen (secondary N) is 1. The van der Waals surface area contributed by atoms with Gasteiger partial charge < -0.3 is 11.1 Å². The maximum atomic E-state index is 13.8. The standard InChI is InChI=1S/C15H14BrFN2O/c1-15(14(18)20,10-5-4-6-11(16)9-10)19-13-8-3-2-7-12(13)17/h2-9,19H,1H3,(H2,18,20). The number of hydrogen-bond donors (Lipinski definition) is 2. The fraction of sp³-hybridized carbons (Fsp3) is 0.133. The van der Waals surface area contributed by atoms with Gasteiger partial charge in [-0.1, -0.05) is 40.2 Å². The van der Waals surface area contributed by atoms with Crippen molar-refractivity contribution < 1.29 is 9.18 Å². The second kappa shape index (κ2) is 5.63. The van der Waals surface area contributed by atoms with Gasteiger partial charge in [0.15, 0.2) is 0 Å². The Morgan fingerprint density at radius 1 is 1.25 bits per heavy atom. The van der Waals surface area contributed by atoms with E-state index in [0.717, 1.165) is 4.47 Å². The van der Waals surface area contributed by atoms with Crippen LogP contribution in [0, 0.1) is 5.82 Å². The van der Waals surface area contributed by atoms with Crippen molar-refractivity contribution in [2.24, 2.45) is 5.73 Å². The van der Waals surface area contributed by atoms with Gasteiger partial charge in [-0.2, -0.15) is 0 Å². The van der Waals surface area contributed by atoms with Crippen molar-refractivity contribution in [2.45, 2.75) is 12.5 Å². The quantitative estimate of drug-likeness (QED) is 0.898. The molecule has 0 bridgehead atoms. The SMILES string of the molecule is CC(Nc1ccccc1F)(C(N)=O)c1cccc(Br)c1. The van der Waals surface area contributed by atoms with Gasteiger partial charge in [0.25, 0.3) is 0 Å². The smallest absolute Gasteiger partial charge is 0.247 e. The van der Waals surface area contributed by atoms with Gasteiger partial charge in [0.1, 0.15) is 11.4 Å². The van der Waals surface area contributed by atoms with E-state index in [1.54, 1.807) is 43.3 Å². The highest BCUT2D eigenvalue weighted by atomic mass is 79.9. The fourth-order valence-electron chi connectivity index (χ4n) is 1.91. The van der Waals surface area contributed by atoms with Gasteiger partial charge in [-0.15, -0.1) is 0 Å². The van der Waals surface area contributed by atoms with Crippen molar-refractivity contribution in [3.8, 4) is 0 Å². The maximum Gasteiger partial charge on any atom is 0.247 e. The fourth-order valence-corrected chi connectivity index (χ4v) is 2.31. The largest absolute Gasteiger partial charge is 0.367 e. The number of para-hydroxylation sites is 1. The van der Waals surface area contributed by atoms with Crippen LogP contribution in [0.5, 0.6) is 0 Å². The van der Waals surface area contributed by atoms with Crippen LogP contribution in [0.4, 0.5) is 10.1 Å². The predicted molar refractivity (Wildman–Crippen MR) is 80.7 cm³/mol. The summed E-state index contributed by atoms with van der Waals surface area (Å²) in [7, 11) is 0. The van der Waals surface area contributed by atoms with Crippen LogP contribution in [-0.4, -0.2) is 5.91 Å². The Morgan fingerprint density at radius 3 is 2.55 bits per heavy atom. The Labute approximate surface area is 125 Å². The molecule has 2 rings (SSSR count). The molecule has 0 radical (unpaired) electrons. The summed E-state index contributed by atoms with van der Waals surface area (Å²) in [5.41, 5.74) is 5.19. The maximum absolute atomic E-state index is 13.8. The first-order chi connectivity index (χ1) is 9.43. The molecule has 0 saturated heterocycles. The third-order valence-electron chi connectivity index (χ3n) is 3.15. The summed E-state index contributed by atoms with van der Waals surface area (Å²) < 4.78 is 14.6. The molecule has 0 fully saturated rings. The van der Waals surface area contributed by atoms with Crippen molar-refractivity contribution in [3.63, 3.8) is 0 Å². The van der Waals surface area contributed by atoms with Crippen LogP contribution in [0.2, 0.25) is 0 Å². The third kappa shape index (κ3) is 2.82. The molecule has 5 heteroatoms. The second-order valence-corrected chi connectivity index (χ2v) is 5.52. The summed E-state index contributed by atoms with van der Waals surface area (Å²) in [6, 6.07) is 13.3. The van der Waals surface area contributed by atoms with Gasteiger partial charge in [0.2, 0.25) is 5.91 Å². The summed E-state index contributed by atoms with van der Waals surface area (Å²) in [4.78, 5) is 11.9. The van der Waals surface area contributed by atoms with E-state index in [2.05, 4.69) is 21.2 Å². The molecule has 2 aromatic carbocycles. The zero-order chi connectivity index (χ0) is 14.8. The van der Waals surface area contributed by atoms with Gasteiger partial charge in [0, 0.05) is 4.47 Å². The van der Waals surface area contributed by atoms with Crippen LogP contribution in [0.25, 0.3) is 0 Å². The molecule has 104 valence electrons. The molecular formula is C15H14BrFN2O. The Kier molecular flexibility index (Phi) is 4.09. The molecule has 1 amide bonds. The van der Waals surface area contributed by atoms with Crippen molar-refractivity contribution in [1.82, 2.24) is 0 Å². The van der Waals surface area contributed by atoms with E-state index < -0.39 is 17.3 Å². The predicted octanol–water partition coefficient (Wildman–Crippen LogP) is 3.40. The minimum absolute atomic E-state index is 0.230. The molecule has 20 heavy (non-hydrogen) atoms. The van der Waals surface area contributed by atoms with Crippen LogP contribution in [0.3, 0.4) is 0 Å². The molecule has 0 spiro atoms. The Hall–Kier alpha value is -1.88. The summed E-state index contributed by atoms with van der Waals surface area (Å²) >= 11 is 3.35. The van der Waals surface area contributed by atoms with Crippen molar-refractivity contribution in [3.05, 3.63) is 64.4 Å². The van der Waals surface area contributed by atoms with Crippen LogP contribution in [0.1, 0.15) is 12.5 Å². The number of anilines is 1. The van der Waals surface area contributed by atoms with Gasteiger partial charge in [-0.3, -0.25) is 4.79 Å². The number of benzene rings is 2. The van der Waals surface area contributed by atoms with Gasteiger partial charge >= 0.3 is 0 Å². The van der Waals surface area contributed by atoms with Gasteiger partial charge in [-0.25, -0.2) is 4.39 Å². The lowest BCUT2D eigenvalue weighted by molar-refractivity contribution is -0.122. The van der Waals surface area contributed by atoms with E-state index in [1.807, 2.05) is 6.07 Å². The first-order valence-electron chi connectivity index (χ1n) is 6.02. The van der Waals surface area contributed by atoms with E-state index in [4.69, 9.17) is 5.73 Å². The minimum atomic E-state index is -1.20. The average molecular weight is 337 g/mol. The molecule has 0 aromatic heterocycles. The Bertz CT molecular complexity index is 647. The lowest BCUT2D eigenvalue weighted by Crippen LogP contribution is -2.45.